The van der Waals surface area contributed by atoms with Gasteiger partial charge < -0.3 is 10.4 Å². The van der Waals surface area contributed by atoms with Gasteiger partial charge in [-0.1, -0.05) is 27.2 Å². The van der Waals surface area contributed by atoms with Gasteiger partial charge in [0.05, 0.1) is 6.10 Å². The number of nitrogens with one attached hydrogen (secondary N) is 1. The molecule has 2 atom stereocenters. The maximum atomic E-state index is 9.58. The number of rotatable bonds is 3. The molecule has 78 valence electrons. The van der Waals surface area contributed by atoms with Crippen molar-refractivity contribution in [2.24, 2.45) is 11.3 Å². The van der Waals surface area contributed by atoms with Crippen LogP contribution in [-0.2, 0) is 0 Å². The summed E-state index contributed by atoms with van der Waals surface area (Å²) in [5, 5.41) is 13.0. The van der Waals surface area contributed by atoms with Gasteiger partial charge in [0.2, 0.25) is 0 Å². The molecule has 2 nitrogen and oxygen atoms in total. The van der Waals surface area contributed by atoms with Crippen molar-refractivity contribution in [2.45, 2.75) is 46.1 Å². The first-order chi connectivity index (χ1) is 5.99. The van der Waals surface area contributed by atoms with Crippen LogP contribution in [0.4, 0.5) is 0 Å². The summed E-state index contributed by atoms with van der Waals surface area (Å²) < 4.78 is 0. The van der Waals surface area contributed by atoms with Crippen LogP contribution in [0.3, 0.4) is 0 Å². The highest BCUT2D eigenvalue weighted by Crippen LogP contribution is 2.24. The molecule has 0 radical (unpaired) electrons. The highest BCUT2D eigenvalue weighted by molar-refractivity contribution is 4.79. The SMILES string of the molecule is CC(C)(C)CNCC1CCCC1O. The second kappa shape index (κ2) is 4.43. The molecule has 0 spiro atoms. The van der Waals surface area contributed by atoms with Crippen LogP contribution in [0.5, 0.6) is 0 Å². The Bertz CT molecular complexity index is 151. The molecule has 0 bridgehead atoms. The smallest absolute Gasteiger partial charge is 0.0580 e. The monoisotopic (exact) mass is 185 g/mol. The van der Waals surface area contributed by atoms with Crippen LogP contribution >= 0.6 is 0 Å². The molecule has 0 aromatic rings. The fraction of sp³-hybridized carbons (Fsp3) is 1.00. The number of aliphatic hydroxyl groups is 1. The molecule has 1 rings (SSSR count). The fourth-order valence-corrected chi connectivity index (χ4v) is 1.89. The molecule has 1 saturated carbocycles. The van der Waals surface area contributed by atoms with Crippen molar-refractivity contribution in [1.29, 1.82) is 0 Å². The molecular weight excluding hydrogens is 162 g/mol. The first-order valence-electron chi connectivity index (χ1n) is 5.38. The van der Waals surface area contributed by atoms with Gasteiger partial charge >= 0.3 is 0 Å². The van der Waals surface area contributed by atoms with E-state index in [0.29, 0.717) is 11.3 Å². The predicted molar refractivity (Wildman–Crippen MR) is 55.7 cm³/mol. The third-order valence-corrected chi connectivity index (χ3v) is 2.68. The summed E-state index contributed by atoms with van der Waals surface area (Å²) in [6, 6.07) is 0. The summed E-state index contributed by atoms with van der Waals surface area (Å²) >= 11 is 0. The molecular formula is C11H23NO. The Hall–Kier alpha value is -0.0800. The molecule has 0 saturated heterocycles. The summed E-state index contributed by atoms with van der Waals surface area (Å²) in [5.74, 6) is 0.502. The molecule has 1 aliphatic rings. The Morgan fingerprint density at radius 2 is 2.00 bits per heavy atom. The summed E-state index contributed by atoms with van der Waals surface area (Å²) in [5.41, 5.74) is 0.351. The maximum Gasteiger partial charge on any atom is 0.0580 e. The molecule has 0 aromatic heterocycles. The summed E-state index contributed by atoms with van der Waals surface area (Å²) in [7, 11) is 0. The Morgan fingerprint density at radius 1 is 1.31 bits per heavy atom. The minimum atomic E-state index is -0.0486. The highest BCUT2D eigenvalue weighted by atomic mass is 16.3. The zero-order valence-electron chi connectivity index (χ0n) is 9.14. The van der Waals surface area contributed by atoms with E-state index >= 15 is 0 Å². The zero-order valence-corrected chi connectivity index (χ0v) is 9.14. The van der Waals surface area contributed by atoms with Crippen LogP contribution in [0, 0.1) is 11.3 Å². The van der Waals surface area contributed by atoms with E-state index in [1.54, 1.807) is 0 Å². The van der Waals surface area contributed by atoms with E-state index in [0.717, 1.165) is 19.5 Å². The molecule has 2 N–H and O–H groups in total. The van der Waals surface area contributed by atoms with Crippen molar-refractivity contribution in [2.75, 3.05) is 13.1 Å². The molecule has 1 aliphatic carbocycles. The van der Waals surface area contributed by atoms with Gasteiger partial charge in [-0.3, -0.25) is 0 Å². The van der Waals surface area contributed by atoms with E-state index in [4.69, 9.17) is 0 Å². The Labute approximate surface area is 81.7 Å². The van der Waals surface area contributed by atoms with Gasteiger partial charge in [-0.25, -0.2) is 0 Å². The maximum absolute atomic E-state index is 9.58. The molecule has 2 unspecified atom stereocenters. The average molecular weight is 185 g/mol. The van der Waals surface area contributed by atoms with E-state index in [-0.39, 0.29) is 6.10 Å². The third kappa shape index (κ3) is 4.10. The van der Waals surface area contributed by atoms with Gasteiger partial charge in [0.1, 0.15) is 0 Å². The average Bonchev–Trinajstić information content (AvgIpc) is 2.34. The van der Waals surface area contributed by atoms with Crippen molar-refractivity contribution >= 4 is 0 Å². The van der Waals surface area contributed by atoms with Crippen LogP contribution in [0.2, 0.25) is 0 Å². The molecule has 0 heterocycles. The zero-order chi connectivity index (χ0) is 9.90. The lowest BCUT2D eigenvalue weighted by Crippen LogP contribution is -2.33. The van der Waals surface area contributed by atoms with E-state index in [9.17, 15) is 5.11 Å². The fourth-order valence-electron chi connectivity index (χ4n) is 1.89. The molecule has 0 aromatic carbocycles. The standard InChI is InChI=1S/C11H23NO/c1-11(2,3)8-12-7-9-5-4-6-10(9)13/h9-10,12-13H,4-8H2,1-3H3. The molecule has 1 fully saturated rings. The van der Waals surface area contributed by atoms with Gasteiger partial charge in [-0.15, -0.1) is 0 Å². The second-order valence-electron chi connectivity index (χ2n) is 5.45. The Morgan fingerprint density at radius 3 is 2.46 bits per heavy atom. The quantitative estimate of drug-likeness (QED) is 0.702. The van der Waals surface area contributed by atoms with Crippen LogP contribution in [0.15, 0.2) is 0 Å². The summed E-state index contributed by atoms with van der Waals surface area (Å²) in [6.45, 7) is 8.70. The van der Waals surface area contributed by atoms with Gasteiger partial charge in [0.25, 0.3) is 0 Å². The van der Waals surface area contributed by atoms with E-state index in [1.165, 1.54) is 12.8 Å². The normalized spacial score (nSPS) is 29.5. The first-order valence-corrected chi connectivity index (χ1v) is 5.38. The van der Waals surface area contributed by atoms with Crippen LogP contribution in [0.1, 0.15) is 40.0 Å². The molecule has 0 aliphatic heterocycles. The molecule has 0 amide bonds. The van der Waals surface area contributed by atoms with Gasteiger partial charge in [0.15, 0.2) is 0 Å². The van der Waals surface area contributed by atoms with Gasteiger partial charge in [0, 0.05) is 13.1 Å². The number of hydrogen-bond donors (Lipinski definition) is 2. The summed E-state index contributed by atoms with van der Waals surface area (Å²) in [4.78, 5) is 0. The van der Waals surface area contributed by atoms with Crippen molar-refractivity contribution < 1.29 is 5.11 Å². The van der Waals surface area contributed by atoms with Crippen molar-refractivity contribution in [3.05, 3.63) is 0 Å². The van der Waals surface area contributed by atoms with Crippen LogP contribution in [-0.4, -0.2) is 24.3 Å². The lowest BCUT2D eigenvalue weighted by molar-refractivity contribution is 0.130. The van der Waals surface area contributed by atoms with Crippen LogP contribution in [0.25, 0.3) is 0 Å². The summed E-state index contributed by atoms with van der Waals surface area (Å²) in [6.07, 6.45) is 3.34. The van der Waals surface area contributed by atoms with Crippen molar-refractivity contribution in [1.82, 2.24) is 5.32 Å². The lowest BCUT2D eigenvalue weighted by Gasteiger charge is -2.21. The van der Waals surface area contributed by atoms with Crippen molar-refractivity contribution in [3.8, 4) is 0 Å². The van der Waals surface area contributed by atoms with Crippen molar-refractivity contribution in [3.63, 3.8) is 0 Å². The highest BCUT2D eigenvalue weighted by Gasteiger charge is 2.24. The van der Waals surface area contributed by atoms with Gasteiger partial charge in [-0.2, -0.15) is 0 Å². The van der Waals surface area contributed by atoms with Crippen LogP contribution < -0.4 is 5.32 Å². The number of aliphatic hydroxyl groups excluding tert-OH is 1. The molecule has 2 heteroatoms. The minimum Gasteiger partial charge on any atom is -0.393 e. The van der Waals surface area contributed by atoms with E-state index in [1.807, 2.05) is 0 Å². The van der Waals surface area contributed by atoms with Gasteiger partial charge in [-0.05, 0) is 24.2 Å². The second-order valence-corrected chi connectivity index (χ2v) is 5.45. The first kappa shape index (κ1) is 11.0. The topological polar surface area (TPSA) is 32.3 Å². The van der Waals surface area contributed by atoms with E-state index < -0.39 is 0 Å². The third-order valence-electron chi connectivity index (χ3n) is 2.68. The largest absolute Gasteiger partial charge is 0.393 e. The molecule has 13 heavy (non-hydrogen) atoms. The number of hydrogen-bond acceptors (Lipinski definition) is 2. The minimum absolute atomic E-state index is 0.0486. The Balaban J connectivity index is 2.12. The Kier molecular flexibility index (Phi) is 3.74. The lowest BCUT2D eigenvalue weighted by atomic mass is 9.96. The van der Waals surface area contributed by atoms with E-state index in [2.05, 4.69) is 26.1 Å². The predicted octanol–water partition coefficient (Wildman–Crippen LogP) is 1.78.